The highest BCUT2D eigenvalue weighted by molar-refractivity contribution is 5.83. The molecule has 74 valence electrons. The summed E-state index contributed by atoms with van der Waals surface area (Å²) in [5, 5.41) is 9.99. The van der Waals surface area contributed by atoms with Crippen molar-refractivity contribution < 1.29 is 8.78 Å². The Hall–Kier alpha value is -1.65. The fraction of sp³-hybridized carbons (Fsp3) is 0.222. The molecule has 0 saturated carbocycles. The van der Waals surface area contributed by atoms with Crippen molar-refractivity contribution in [2.24, 2.45) is 0 Å². The number of nitrogens with one attached hydrogen (secondary N) is 2. The molecule has 2 aromatic rings. The molecule has 0 fully saturated rings. The smallest absolute Gasteiger partial charge is 0.265 e. The maximum atomic E-state index is 12.6. The molecule has 2 rings (SSSR count). The van der Waals surface area contributed by atoms with E-state index in [1.807, 2.05) is 0 Å². The predicted molar refractivity (Wildman–Crippen MR) is 50.6 cm³/mol. The molecule has 14 heavy (non-hydrogen) atoms. The van der Waals surface area contributed by atoms with Crippen molar-refractivity contribution in [3.63, 3.8) is 0 Å². The third-order valence-electron chi connectivity index (χ3n) is 2.11. The maximum Gasteiger partial charge on any atom is 0.265 e. The number of aromatic amines is 1. The van der Waals surface area contributed by atoms with Gasteiger partial charge in [-0.3, -0.25) is 5.10 Å². The van der Waals surface area contributed by atoms with Gasteiger partial charge in [0.05, 0.1) is 11.7 Å². The molecule has 0 aliphatic rings. The number of aromatic nitrogens is 2. The van der Waals surface area contributed by atoms with Crippen molar-refractivity contribution in [3.8, 4) is 0 Å². The predicted octanol–water partition coefficient (Wildman–Crippen LogP) is 2.54. The molecule has 1 heterocycles. The van der Waals surface area contributed by atoms with Gasteiger partial charge in [-0.05, 0) is 12.1 Å². The van der Waals surface area contributed by atoms with Crippen molar-refractivity contribution in [1.82, 2.24) is 10.2 Å². The summed E-state index contributed by atoms with van der Waals surface area (Å²) >= 11 is 0. The van der Waals surface area contributed by atoms with E-state index in [4.69, 9.17) is 0 Å². The van der Waals surface area contributed by atoms with Gasteiger partial charge in [0.15, 0.2) is 0 Å². The fourth-order valence-electron chi connectivity index (χ4n) is 1.41. The Bertz CT molecular complexity index is 450. The first-order chi connectivity index (χ1) is 6.72. The second-order valence-corrected chi connectivity index (χ2v) is 2.95. The first-order valence-electron chi connectivity index (χ1n) is 4.15. The standard InChI is InChI=1S/C9H9F2N3/c1-12-8-2-5-4-13-14-7(5)3-6(8)9(10)11/h2-4,9,12H,1H3,(H,13,14). The van der Waals surface area contributed by atoms with Gasteiger partial charge >= 0.3 is 0 Å². The number of rotatable bonds is 2. The lowest BCUT2D eigenvalue weighted by Crippen LogP contribution is -1.95. The van der Waals surface area contributed by atoms with Gasteiger partial charge in [0, 0.05) is 23.7 Å². The summed E-state index contributed by atoms with van der Waals surface area (Å²) in [6, 6.07) is 3.07. The second-order valence-electron chi connectivity index (χ2n) is 2.95. The van der Waals surface area contributed by atoms with E-state index in [9.17, 15) is 8.78 Å². The Labute approximate surface area is 79.1 Å². The number of nitrogens with zero attached hydrogens (tertiary/aromatic N) is 1. The molecule has 0 atom stereocenters. The number of hydrogen-bond acceptors (Lipinski definition) is 2. The number of halogens is 2. The summed E-state index contributed by atoms with van der Waals surface area (Å²) in [4.78, 5) is 0. The van der Waals surface area contributed by atoms with Crippen LogP contribution in [0.3, 0.4) is 0 Å². The molecule has 5 heteroatoms. The number of fused-ring (bicyclic) bond motifs is 1. The van der Waals surface area contributed by atoms with Crippen LogP contribution in [0.25, 0.3) is 10.9 Å². The molecule has 0 aliphatic heterocycles. The van der Waals surface area contributed by atoms with Crippen molar-refractivity contribution >= 4 is 16.6 Å². The van der Waals surface area contributed by atoms with Crippen molar-refractivity contribution in [3.05, 3.63) is 23.9 Å². The molecule has 0 spiro atoms. The number of alkyl halides is 2. The van der Waals surface area contributed by atoms with E-state index in [-0.39, 0.29) is 5.56 Å². The molecule has 3 nitrogen and oxygen atoms in total. The first kappa shape index (κ1) is 8.93. The van der Waals surface area contributed by atoms with Gasteiger partial charge in [0.2, 0.25) is 0 Å². The van der Waals surface area contributed by atoms with E-state index >= 15 is 0 Å². The minimum atomic E-state index is -2.48. The molecular weight excluding hydrogens is 188 g/mol. The summed E-state index contributed by atoms with van der Waals surface area (Å²) in [6.07, 6.45) is -0.879. The number of hydrogen-bond donors (Lipinski definition) is 2. The van der Waals surface area contributed by atoms with Gasteiger partial charge in [0.25, 0.3) is 6.43 Å². The summed E-state index contributed by atoms with van der Waals surface area (Å²) in [6.45, 7) is 0. The third kappa shape index (κ3) is 1.30. The van der Waals surface area contributed by atoms with E-state index in [1.165, 1.54) is 6.07 Å². The van der Waals surface area contributed by atoms with E-state index in [0.717, 1.165) is 5.39 Å². The molecule has 2 N–H and O–H groups in total. The van der Waals surface area contributed by atoms with Crippen LogP contribution in [0.2, 0.25) is 0 Å². The zero-order valence-electron chi connectivity index (χ0n) is 7.51. The van der Waals surface area contributed by atoms with Crippen LogP contribution in [0.15, 0.2) is 18.3 Å². The van der Waals surface area contributed by atoms with Crippen molar-refractivity contribution in [2.45, 2.75) is 6.43 Å². The van der Waals surface area contributed by atoms with Crippen LogP contribution in [0.5, 0.6) is 0 Å². The highest BCUT2D eigenvalue weighted by atomic mass is 19.3. The van der Waals surface area contributed by atoms with Crippen molar-refractivity contribution in [2.75, 3.05) is 12.4 Å². The zero-order chi connectivity index (χ0) is 10.1. The van der Waals surface area contributed by atoms with Crippen LogP contribution in [-0.4, -0.2) is 17.2 Å². The Morgan fingerprint density at radius 3 is 2.86 bits per heavy atom. The lowest BCUT2D eigenvalue weighted by molar-refractivity contribution is 0.152. The van der Waals surface area contributed by atoms with Crippen LogP contribution in [0.4, 0.5) is 14.5 Å². The Balaban J connectivity index is 2.66. The Morgan fingerprint density at radius 1 is 1.43 bits per heavy atom. The average Bonchev–Trinajstić information content (AvgIpc) is 2.62. The molecular formula is C9H9F2N3. The quantitative estimate of drug-likeness (QED) is 0.776. The summed E-state index contributed by atoms with van der Waals surface area (Å²) in [7, 11) is 1.62. The molecule has 0 amide bonds. The Morgan fingerprint density at radius 2 is 2.21 bits per heavy atom. The van der Waals surface area contributed by atoms with E-state index < -0.39 is 6.43 Å². The summed E-state index contributed by atoms with van der Waals surface area (Å²) in [5.41, 5.74) is 1.05. The monoisotopic (exact) mass is 197 g/mol. The van der Waals surface area contributed by atoms with E-state index in [0.29, 0.717) is 11.2 Å². The van der Waals surface area contributed by atoms with E-state index in [1.54, 1.807) is 19.3 Å². The number of benzene rings is 1. The molecule has 0 radical (unpaired) electrons. The zero-order valence-corrected chi connectivity index (χ0v) is 7.51. The summed E-state index contributed by atoms with van der Waals surface area (Å²) < 4.78 is 25.1. The highest BCUT2D eigenvalue weighted by Crippen LogP contribution is 2.30. The van der Waals surface area contributed by atoms with Crippen LogP contribution >= 0.6 is 0 Å². The second kappa shape index (κ2) is 3.25. The third-order valence-corrected chi connectivity index (χ3v) is 2.11. The maximum absolute atomic E-state index is 12.6. The molecule has 0 unspecified atom stereocenters. The molecule has 0 aliphatic carbocycles. The lowest BCUT2D eigenvalue weighted by atomic mass is 10.1. The van der Waals surface area contributed by atoms with Crippen LogP contribution in [0.1, 0.15) is 12.0 Å². The van der Waals surface area contributed by atoms with E-state index in [2.05, 4.69) is 15.5 Å². The number of H-pyrrole nitrogens is 1. The Kier molecular flexibility index (Phi) is 2.07. The van der Waals surface area contributed by atoms with Gasteiger partial charge in [0.1, 0.15) is 0 Å². The fourth-order valence-corrected chi connectivity index (χ4v) is 1.41. The topological polar surface area (TPSA) is 40.7 Å². The molecule has 0 saturated heterocycles. The van der Waals surface area contributed by atoms with Crippen LogP contribution in [0, 0.1) is 0 Å². The SMILES string of the molecule is CNc1cc2cn[nH]c2cc1C(F)F. The normalized spacial score (nSPS) is 11.1. The van der Waals surface area contributed by atoms with Gasteiger partial charge in [-0.2, -0.15) is 5.10 Å². The summed E-state index contributed by atoms with van der Waals surface area (Å²) in [5.74, 6) is 0. The van der Waals surface area contributed by atoms with Gasteiger partial charge in [-0.15, -0.1) is 0 Å². The van der Waals surface area contributed by atoms with Gasteiger partial charge in [-0.25, -0.2) is 8.78 Å². The lowest BCUT2D eigenvalue weighted by Gasteiger charge is -2.07. The average molecular weight is 197 g/mol. The minimum absolute atomic E-state index is 0.00995. The van der Waals surface area contributed by atoms with Crippen molar-refractivity contribution in [1.29, 1.82) is 0 Å². The largest absolute Gasteiger partial charge is 0.388 e. The van der Waals surface area contributed by atoms with Gasteiger partial charge in [-0.1, -0.05) is 0 Å². The minimum Gasteiger partial charge on any atom is -0.388 e. The van der Waals surface area contributed by atoms with Crippen LogP contribution in [-0.2, 0) is 0 Å². The highest BCUT2D eigenvalue weighted by Gasteiger charge is 2.13. The van der Waals surface area contributed by atoms with Gasteiger partial charge < -0.3 is 5.32 Å². The molecule has 0 bridgehead atoms. The molecule has 1 aromatic carbocycles. The van der Waals surface area contributed by atoms with Crippen LogP contribution < -0.4 is 5.32 Å². The first-order valence-corrected chi connectivity index (χ1v) is 4.15. The molecule has 1 aromatic heterocycles. The number of anilines is 1.